The largest absolute Gasteiger partial charge is 0.388 e. The smallest absolute Gasteiger partial charge is 0.174 e. The molecule has 0 aliphatic carbocycles. The quantitative estimate of drug-likeness (QED) is 0.845. The van der Waals surface area contributed by atoms with E-state index >= 15 is 0 Å². The van der Waals surface area contributed by atoms with Crippen LogP contribution in [0.5, 0.6) is 0 Å². The highest BCUT2D eigenvalue weighted by Crippen LogP contribution is 2.25. The van der Waals surface area contributed by atoms with E-state index in [0.29, 0.717) is 0 Å². The lowest BCUT2D eigenvalue weighted by Crippen LogP contribution is -1.98. The third-order valence-corrected chi connectivity index (χ3v) is 4.31. The first-order chi connectivity index (χ1) is 8.25. The van der Waals surface area contributed by atoms with Crippen LogP contribution in [0.1, 0.15) is 23.1 Å². The van der Waals surface area contributed by atoms with Crippen molar-refractivity contribution in [2.45, 2.75) is 23.8 Å². The minimum absolute atomic E-state index is 0.391. The van der Waals surface area contributed by atoms with Crippen LogP contribution in [0.3, 0.4) is 0 Å². The highest BCUT2D eigenvalue weighted by atomic mass is 32.2. The van der Waals surface area contributed by atoms with Gasteiger partial charge in [-0.1, -0.05) is 53.4 Å². The molecule has 0 fully saturated rings. The standard InChI is InChI=1S/C12H14N2OS2/c1-9-13-14-12(17-9)16-8-7-11(15)10-5-3-2-4-6-10/h2-6,11,15H,7-8H2,1H3. The molecule has 1 N–H and O–H groups in total. The number of thioether (sulfide) groups is 1. The summed E-state index contributed by atoms with van der Waals surface area (Å²) in [7, 11) is 0. The van der Waals surface area contributed by atoms with E-state index < -0.39 is 6.10 Å². The van der Waals surface area contributed by atoms with Gasteiger partial charge in [-0.2, -0.15) is 0 Å². The van der Waals surface area contributed by atoms with E-state index in [-0.39, 0.29) is 0 Å². The van der Waals surface area contributed by atoms with Crippen LogP contribution in [0.2, 0.25) is 0 Å². The Labute approximate surface area is 109 Å². The van der Waals surface area contributed by atoms with Crippen molar-refractivity contribution in [3.05, 3.63) is 40.9 Å². The van der Waals surface area contributed by atoms with Gasteiger partial charge < -0.3 is 5.11 Å². The van der Waals surface area contributed by atoms with Crippen molar-refractivity contribution in [2.75, 3.05) is 5.75 Å². The van der Waals surface area contributed by atoms with Crippen LogP contribution in [0.15, 0.2) is 34.7 Å². The van der Waals surface area contributed by atoms with E-state index in [0.717, 1.165) is 27.1 Å². The zero-order valence-electron chi connectivity index (χ0n) is 9.54. The second-order valence-electron chi connectivity index (χ2n) is 3.65. The molecule has 5 heteroatoms. The van der Waals surface area contributed by atoms with Crippen molar-refractivity contribution in [2.24, 2.45) is 0 Å². The first kappa shape index (κ1) is 12.5. The van der Waals surface area contributed by atoms with Crippen LogP contribution in [0.25, 0.3) is 0 Å². The molecule has 1 unspecified atom stereocenters. The summed E-state index contributed by atoms with van der Waals surface area (Å²) in [6.07, 6.45) is 0.338. The molecule has 0 spiro atoms. The summed E-state index contributed by atoms with van der Waals surface area (Å²) in [6, 6.07) is 9.74. The van der Waals surface area contributed by atoms with Gasteiger partial charge in [0.2, 0.25) is 0 Å². The van der Waals surface area contributed by atoms with Gasteiger partial charge >= 0.3 is 0 Å². The summed E-state index contributed by atoms with van der Waals surface area (Å²) < 4.78 is 0.975. The SMILES string of the molecule is Cc1nnc(SCCC(O)c2ccccc2)s1. The van der Waals surface area contributed by atoms with Gasteiger partial charge in [0.25, 0.3) is 0 Å². The number of aliphatic hydroxyl groups is 1. The summed E-state index contributed by atoms with van der Waals surface area (Å²) >= 11 is 3.24. The van der Waals surface area contributed by atoms with Gasteiger partial charge in [0, 0.05) is 5.75 Å². The monoisotopic (exact) mass is 266 g/mol. The van der Waals surface area contributed by atoms with Gasteiger partial charge in [0.15, 0.2) is 4.34 Å². The molecule has 1 aromatic heterocycles. The molecule has 3 nitrogen and oxygen atoms in total. The van der Waals surface area contributed by atoms with Crippen molar-refractivity contribution < 1.29 is 5.11 Å². The number of aromatic nitrogens is 2. The highest BCUT2D eigenvalue weighted by Gasteiger charge is 2.08. The summed E-state index contributed by atoms with van der Waals surface area (Å²) in [5.41, 5.74) is 0.974. The average Bonchev–Trinajstić information content (AvgIpc) is 2.76. The number of nitrogens with zero attached hydrogens (tertiary/aromatic N) is 2. The van der Waals surface area contributed by atoms with E-state index in [9.17, 15) is 5.11 Å². The van der Waals surface area contributed by atoms with Gasteiger partial charge in [-0.15, -0.1) is 10.2 Å². The van der Waals surface area contributed by atoms with Gasteiger partial charge in [-0.05, 0) is 18.9 Å². The van der Waals surface area contributed by atoms with Gasteiger partial charge in [0.05, 0.1) is 6.10 Å². The van der Waals surface area contributed by atoms with Crippen molar-refractivity contribution in [3.63, 3.8) is 0 Å². The van der Waals surface area contributed by atoms with Crippen molar-refractivity contribution in [1.82, 2.24) is 10.2 Å². The first-order valence-corrected chi connectivity index (χ1v) is 7.22. The minimum Gasteiger partial charge on any atom is -0.388 e. The van der Waals surface area contributed by atoms with Crippen LogP contribution >= 0.6 is 23.1 Å². The fourth-order valence-electron chi connectivity index (χ4n) is 1.44. The lowest BCUT2D eigenvalue weighted by Gasteiger charge is -2.09. The topological polar surface area (TPSA) is 46.0 Å². The Morgan fingerprint density at radius 1 is 1.29 bits per heavy atom. The van der Waals surface area contributed by atoms with E-state index in [1.807, 2.05) is 37.3 Å². The van der Waals surface area contributed by atoms with Crippen molar-refractivity contribution in [1.29, 1.82) is 0 Å². The molecule has 0 radical (unpaired) electrons. The fraction of sp³-hybridized carbons (Fsp3) is 0.333. The van der Waals surface area contributed by atoms with E-state index in [1.165, 1.54) is 0 Å². The molecule has 1 aromatic carbocycles. The van der Waals surface area contributed by atoms with Crippen molar-refractivity contribution in [3.8, 4) is 0 Å². The van der Waals surface area contributed by atoms with Crippen LogP contribution in [-0.2, 0) is 0 Å². The molecule has 0 saturated heterocycles. The molecule has 90 valence electrons. The molecule has 0 bridgehead atoms. The summed E-state index contributed by atoms with van der Waals surface area (Å²) in [4.78, 5) is 0. The predicted octanol–water partition coefficient (Wildman–Crippen LogP) is 3.06. The molecule has 0 aliphatic heterocycles. The van der Waals surface area contributed by atoms with Crippen LogP contribution in [0.4, 0.5) is 0 Å². The highest BCUT2D eigenvalue weighted by molar-refractivity contribution is 8.01. The van der Waals surface area contributed by atoms with Crippen LogP contribution in [-0.4, -0.2) is 21.1 Å². The fourth-order valence-corrected chi connectivity index (χ4v) is 3.31. The first-order valence-electron chi connectivity index (χ1n) is 5.41. The van der Waals surface area contributed by atoms with Gasteiger partial charge in [0.1, 0.15) is 5.01 Å². The molecule has 0 saturated carbocycles. The Morgan fingerprint density at radius 3 is 2.71 bits per heavy atom. The van der Waals surface area contributed by atoms with Crippen molar-refractivity contribution >= 4 is 23.1 Å². The van der Waals surface area contributed by atoms with Crippen LogP contribution < -0.4 is 0 Å². The molecule has 2 rings (SSSR count). The second-order valence-corrected chi connectivity index (χ2v) is 6.17. The molecule has 1 atom stereocenters. The molecular weight excluding hydrogens is 252 g/mol. The summed E-state index contributed by atoms with van der Waals surface area (Å²) in [5, 5.41) is 18.9. The number of rotatable bonds is 5. The summed E-state index contributed by atoms with van der Waals surface area (Å²) in [5.74, 6) is 0.852. The van der Waals surface area contributed by atoms with Crippen LogP contribution in [0, 0.1) is 6.92 Å². The molecule has 0 aliphatic rings. The lowest BCUT2D eigenvalue weighted by atomic mass is 10.1. The maximum atomic E-state index is 9.96. The second kappa shape index (κ2) is 6.14. The number of benzene rings is 1. The zero-order chi connectivity index (χ0) is 12.1. The number of hydrogen-bond acceptors (Lipinski definition) is 5. The van der Waals surface area contributed by atoms with E-state index in [2.05, 4.69) is 10.2 Å². The van der Waals surface area contributed by atoms with Gasteiger partial charge in [-0.3, -0.25) is 0 Å². The minimum atomic E-state index is -0.391. The maximum absolute atomic E-state index is 9.96. The molecule has 0 amide bonds. The Bertz CT molecular complexity index is 459. The maximum Gasteiger partial charge on any atom is 0.174 e. The third kappa shape index (κ3) is 3.80. The normalized spacial score (nSPS) is 12.6. The zero-order valence-corrected chi connectivity index (χ0v) is 11.2. The number of aliphatic hydroxyl groups excluding tert-OH is 1. The molecular formula is C12H14N2OS2. The Hall–Kier alpha value is -0.910. The Balaban J connectivity index is 1.79. The molecule has 2 aromatic rings. The third-order valence-electron chi connectivity index (χ3n) is 2.31. The average molecular weight is 266 g/mol. The predicted molar refractivity (Wildman–Crippen MR) is 71.4 cm³/mol. The Kier molecular flexibility index (Phi) is 4.53. The molecule has 17 heavy (non-hydrogen) atoms. The molecule has 1 heterocycles. The number of aryl methyl sites for hydroxylation is 1. The van der Waals surface area contributed by atoms with Gasteiger partial charge in [-0.25, -0.2) is 0 Å². The lowest BCUT2D eigenvalue weighted by molar-refractivity contribution is 0.175. The Morgan fingerprint density at radius 2 is 2.06 bits per heavy atom. The number of hydrogen-bond donors (Lipinski definition) is 1. The van der Waals surface area contributed by atoms with E-state index in [1.54, 1.807) is 23.1 Å². The van der Waals surface area contributed by atoms with E-state index in [4.69, 9.17) is 0 Å². The summed E-state index contributed by atoms with van der Waals surface area (Å²) in [6.45, 7) is 1.94.